The van der Waals surface area contributed by atoms with Gasteiger partial charge in [-0.1, -0.05) is 34.1 Å². The molecule has 2 heteroatoms. The maximum absolute atomic E-state index is 9.56. The van der Waals surface area contributed by atoms with Crippen molar-refractivity contribution in [3.8, 4) is 0 Å². The fourth-order valence-electron chi connectivity index (χ4n) is 2.75. The summed E-state index contributed by atoms with van der Waals surface area (Å²) in [4.78, 5) is 0. The molecule has 0 aliphatic heterocycles. The van der Waals surface area contributed by atoms with E-state index in [0.717, 1.165) is 30.2 Å². The van der Waals surface area contributed by atoms with Gasteiger partial charge in [0.05, 0.1) is 6.10 Å². The first-order valence-electron chi connectivity index (χ1n) is 6.27. The molecule has 1 fully saturated rings. The van der Waals surface area contributed by atoms with Crippen molar-refractivity contribution >= 4 is 15.9 Å². The Labute approximate surface area is 112 Å². The standard InChI is InChI=1S/C15H19BrO/c1-2-15(11-3-7-13(16)8-4-11)12-5-9-14(17)10-6-12/h2-4,7-8,12,14-15,17H,1,5-6,9-10H2. The summed E-state index contributed by atoms with van der Waals surface area (Å²) < 4.78 is 1.11. The highest BCUT2D eigenvalue weighted by atomic mass is 79.9. The highest BCUT2D eigenvalue weighted by Gasteiger charge is 2.25. The smallest absolute Gasteiger partial charge is 0.0540 e. The van der Waals surface area contributed by atoms with Gasteiger partial charge in [-0.2, -0.15) is 0 Å². The molecule has 0 bridgehead atoms. The van der Waals surface area contributed by atoms with Crippen molar-refractivity contribution in [3.05, 3.63) is 47.0 Å². The van der Waals surface area contributed by atoms with Gasteiger partial charge >= 0.3 is 0 Å². The minimum Gasteiger partial charge on any atom is -0.393 e. The molecule has 1 saturated carbocycles. The van der Waals surface area contributed by atoms with Crippen molar-refractivity contribution in [1.29, 1.82) is 0 Å². The van der Waals surface area contributed by atoms with Crippen LogP contribution in [0.1, 0.15) is 37.2 Å². The lowest BCUT2D eigenvalue weighted by atomic mass is 9.76. The molecule has 1 aromatic carbocycles. The average molecular weight is 295 g/mol. The zero-order valence-electron chi connectivity index (χ0n) is 9.98. The molecule has 1 aliphatic carbocycles. The van der Waals surface area contributed by atoms with Gasteiger partial charge in [-0.25, -0.2) is 0 Å². The second-order valence-corrected chi connectivity index (χ2v) is 5.80. The molecule has 1 aliphatic rings. The minimum atomic E-state index is -0.0818. The van der Waals surface area contributed by atoms with Gasteiger partial charge < -0.3 is 5.11 Å². The van der Waals surface area contributed by atoms with Crippen LogP contribution in [0.25, 0.3) is 0 Å². The van der Waals surface area contributed by atoms with Crippen LogP contribution in [0.5, 0.6) is 0 Å². The van der Waals surface area contributed by atoms with E-state index in [4.69, 9.17) is 0 Å². The fourth-order valence-corrected chi connectivity index (χ4v) is 3.01. The molecule has 1 nitrogen and oxygen atoms in total. The van der Waals surface area contributed by atoms with E-state index in [0.29, 0.717) is 11.8 Å². The molecular formula is C15H19BrO. The number of aliphatic hydroxyl groups excluding tert-OH is 1. The summed E-state index contributed by atoms with van der Waals surface area (Å²) >= 11 is 3.46. The third-order valence-corrected chi connectivity index (χ3v) is 4.29. The van der Waals surface area contributed by atoms with Crippen LogP contribution in [0.2, 0.25) is 0 Å². The normalized spacial score (nSPS) is 26.5. The van der Waals surface area contributed by atoms with Gasteiger partial charge in [-0.3, -0.25) is 0 Å². The Morgan fingerprint density at radius 2 is 1.76 bits per heavy atom. The molecule has 92 valence electrons. The van der Waals surface area contributed by atoms with E-state index in [1.807, 2.05) is 0 Å². The minimum absolute atomic E-state index is 0.0818. The van der Waals surface area contributed by atoms with Crippen LogP contribution in [0.3, 0.4) is 0 Å². The van der Waals surface area contributed by atoms with Gasteiger partial charge in [0, 0.05) is 10.4 Å². The van der Waals surface area contributed by atoms with Crippen LogP contribution in [0, 0.1) is 5.92 Å². The summed E-state index contributed by atoms with van der Waals surface area (Å²) in [5, 5.41) is 9.56. The molecule has 0 heterocycles. The number of benzene rings is 1. The van der Waals surface area contributed by atoms with Crippen LogP contribution in [-0.2, 0) is 0 Å². The van der Waals surface area contributed by atoms with E-state index in [-0.39, 0.29) is 6.10 Å². The Hall–Kier alpha value is -0.600. The van der Waals surface area contributed by atoms with Gasteiger partial charge in [-0.15, -0.1) is 6.58 Å². The monoisotopic (exact) mass is 294 g/mol. The van der Waals surface area contributed by atoms with Crippen molar-refractivity contribution in [2.24, 2.45) is 5.92 Å². The maximum atomic E-state index is 9.56. The molecule has 0 amide bonds. The molecule has 0 aromatic heterocycles. The van der Waals surface area contributed by atoms with Crippen molar-refractivity contribution < 1.29 is 5.11 Å². The summed E-state index contributed by atoms with van der Waals surface area (Å²) in [6, 6.07) is 8.51. The van der Waals surface area contributed by atoms with Crippen molar-refractivity contribution in [3.63, 3.8) is 0 Å². The highest BCUT2D eigenvalue weighted by Crippen LogP contribution is 2.37. The van der Waals surface area contributed by atoms with Crippen molar-refractivity contribution in [1.82, 2.24) is 0 Å². The summed E-state index contributed by atoms with van der Waals surface area (Å²) in [5.41, 5.74) is 1.34. The molecule has 0 radical (unpaired) electrons. The van der Waals surface area contributed by atoms with E-state index >= 15 is 0 Å². The molecule has 2 rings (SSSR count). The Kier molecular flexibility index (Phi) is 4.41. The predicted molar refractivity (Wildman–Crippen MR) is 75.0 cm³/mol. The lowest BCUT2D eigenvalue weighted by molar-refractivity contribution is 0.105. The maximum Gasteiger partial charge on any atom is 0.0540 e. The number of hydrogen-bond donors (Lipinski definition) is 1. The first-order chi connectivity index (χ1) is 8.20. The zero-order chi connectivity index (χ0) is 12.3. The number of hydrogen-bond acceptors (Lipinski definition) is 1. The number of allylic oxidation sites excluding steroid dienone is 1. The first-order valence-corrected chi connectivity index (χ1v) is 7.06. The van der Waals surface area contributed by atoms with Gasteiger partial charge in [0.15, 0.2) is 0 Å². The van der Waals surface area contributed by atoms with E-state index in [1.54, 1.807) is 0 Å². The second-order valence-electron chi connectivity index (χ2n) is 4.88. The van der Waals surface area contributed by atoms with Crippen LogP contribution in [0.4, 0.5) is 0 Å². The lowest BCUT2D eigenvalue weighted by Gasteiger charge is -2.30. The fraction of sp³-hybridized carbons (Fsp3) is 0.467. The SMILES string of the molecule is C=CC(c1ccc(Br)cc1)C1CCC(O)CC1. The number of halogens is 1. The molecule has 17 heavy (non-hydrogen) atoms. The molecule has 0 saturated heterocycles. The Morgan fingerprint density at radius 1 is 1.18 bits per heavy atom. The van der Waals surface area contributed by atoms with Gasteiger partial charge in [-0.05, 0) is 49.3 Å². The third kappa shape index (κ3) is 3.20. The van der Waals surface area contributed by atoms with E-state index in [9.17, 15) is 5.11 Å². The summed E-state index contributed by atoms with van der Waals surface area (Å²) in [6.07, 6.45) is 6.06. The summed E-state index contributed by atoms with van der Waals surface area (Å²) in [5.74, 6) is 1.06. The molecule has 1 aromatic rings. The van der Waals surface area contributed by atoms with E-state index in [1.165, 1.54) is 5.56 Å². The van der Waals surface area contributed by atoms with Gasteiger partial charge in [0.25, 0.3) is 0 Å². The van der Waals surface area contributed by atoms with Crippen LogP contribution in [0.15, 0.2) is 41.4 Å². The van der Waals surface area contributed by atoms with Crippen molar-refractivity contribution in [2.75, 3.05) is 0 Å². The van der Waals surface area contributed by atoms with Crippen LogP contribution < -0.4 is 0 Å². The van der Waals surface area contributed by atoms with Crippen LogP contribution in [-0.4, -0.2) is 11.2 Å². The van der Waals surface area contributed by atoms with E-state index in [2.05, 4.69) is 52.9 Å². The molecule has 1 unspecified atom stereocenters. The van der Waals surface area contributed by atoms with Gasteiger partial charge in [0.2, 0.25) is 0 Å². The number of aliphatic hydroxyl groups is 1. The van der Waals surface area contributed by atoms with Crippen LogP contribution >= 0.6 is 15.9 Å². The van der Waals surface area contributed by atoms with E-state index < -0.39 is 0 Å². The molecular weight excluding hydrogens is 276 g/mol. The predicted octanol–water partition coefficient (Wildman–Crippen LogP) is 4.27. The molecule has 1 atom stereocenters. The highest BCUT2D eigenvalue weighted by molar-refractivity contribution is 9.10. The Morgan fingerprint density at radius 3 is 2.29 bits per heavy atom. The molecule has 1 N–H and O–H groups in total. The topological polar surface area (TPSA) is 20.2 Å². The lowest BCUT2D eigenvalue weighted by Crippen LogP contribution is -2.22. The number of rotatable bonds is 3. The average Bonchev–Trinajstić information content (AvgIpc) is 2.35. The zero-order valence-corrected chi connectivity index (χ0v) is 11.6. The second kappa shape index (κ2) is 5.83. The van der Waals surface area contributed by atoms with Crippen molar-refractivity contribution in [2.45, 2.75) is 37.7 Å². The summed E-state index contributed by atoms with van der Waals surface area (Å²) in [6.45, 7) is 3.98. The Balaban J connectivity index is 2.10. The molecule has 0 spiro atoms. The summed E-state index contributed by atoms with van der Waals surface area (Å²) in [7, 11) is 0. The quantitative estimate of drug-likeness (QED) is 0.826. The largest absolute Gasteiger partial charge is 0.393 e. The Bertz CT molecular complexity index is 363. The van der Waals surface area contributed by atoms with Gasteiger partial charge in [0.1, 0.15) is 0 Å². The first kappa shape index (κ1) is 12.8. The third-order valence-electron chi connectivity index (χ3n) is 3.76.